The van der Waals surface area contributed by atoms with Crippen LogP contribution in [0, 0.1) is 0 Å². The summed E-state index contributed by atoms with van der Waals surface area (Å²) in [6, 6.07) is 11.5. The van der Waals surface area contributed by atoms with Crippen LogP contribution in [0.5, 0.6) is 0 Å². The van der Waals surface area contributed by atoms with Crippen LogP contribution in [0.3, 0.4) is 0 Å². The number of nitrogens with one attached hydrogen (secondary N) is 2. The Kier molecular flexibility index (Phi) is 4.78. The number of aromatic nitrogens is 2. The van der Waals surface area contributed by atoms with Gasteiger partial charge in [-0.2, -0.15) is 0 Å². The lowest BCUT2D eigenvalue weighted by atomic mass is 10.1. The van der Waals surface area contributed by atoms with Crippen molar-refractivity contribution in [2.75, 3.05) is 5.75 Å². The quantitative estimate of drug-likeness (QED) is 0.551. The highest BCUT2D eigenvalue weighted by molar-refractivity contribution is 7.99. The van der Waals surface area contributed by atoms with Crippen molar-refractivity contribution in [1.82, 2.24) is 15.3 Å². The smallest absolute Gasteiger partial charge is 0.260 e. The first kappa shape index (κ1) is 15.8. The minimum atomic E-state index is -0.170. The number of amides is 1. The van der Waals surface area contributed by atoms with Gasteiger partial charge in [-0.3, -0.25) is 9.59 Å². The molecule has 1 atom stereocenters. The molecule has 3 aromatic rings. The molecule has 0 bridgehead atoms. The monoisotopic (exact) mass is 345 g/mol. The van der Waals surface area contributed by atoms with Crippen molar-refractivity contribution in [2.24, 2.45) is 0 Å². The lowest BCUT2D eigenvalue weighted by Crippen LogP contribution is -2.28. The van der Waals surface area contributed by atoms with Crippen LogP contribution in [0.15, 0.2) is 51.7 Å². The molecule has 0 saturated heterocycles. The number of thiophene rings is 1. The summed E-state index contributed by atoms with van der Waals surface area (Å²) in [5.74, 6) is 0.108. The van der Waals surface area contributed by atoms with E-state index < -0.39 is 0 Å². The number of carbonyl (C=O) groups is 1. The molecule has 2 N–H and O–H groups in total. The maximum Gasteiger partial charge on any atom is 0.260 e. The van der Waals surface area contributed by atoms with Gasteiger partial charge in [-0.05, 0) is 23.9 Å². The maximum atomic E-state index is 12.0. The predicted octanol–water partition coefficient (Wildman–Crippen LogP) is 2.95. The van der Waals surface area contributed by atoms with Gasteiger partial charge in [0.05, 0.1) is 17.2 Å². The Labute approximate surface area is 141 Å². The van der Waals surface area contributed by atoms with E-state index in [1.165, 1.54) is 23.1 Å². The summed E-state index contributed by atoms with van der Waals surface area (Å²) in [6.45, 7) is 1.94. The van der Waals surface area contributed by atoms with Crippen LogP contribution < -0.4 is 10.9 Å². The Morgan fingerprint density at radius 1 is 1.35 bits per heavy atom. The standard InChI is InChI=1S/C16H15N3O2S2/c1-10(11-5-3-2-4-6-11)17-13(20)9-23-16-18-14(21)12-7-8-22-15(12)19-16/h2-8,10H,9H2,1H3,(H,17,20)(H,18,19,21). The summed E-state index contributed by atoms with van der Waals surface area (Å²) in [5.41, 5.74) is 0.884. The van der Waals surface area contributed by atoms with Gasteiger partial charge in [-0.25, -0.2) is 4.98 Å². The van der Waals surface area contributed by atoms with Gasteiger partial charge in [-0.15, -0.1) is 11.3 Å². The van der Waals surface area contributed by atoms with Crippen LogP contribution in [-0.4, -0.2) is 21.6 Å². The van der Waals surface area contributed by atoms with Crippen molar-refractivity contribution < 1.29 is 4.79 Å². The molecule has 3 rings (SSSR count). The van der Waals surface area contributed by atoms with Crippen molar-refractivity contribution in [3.05, 3.63) is 57.7 Å². The van der Waals surface area contributed by atoms with E-state index in [0.29, 0.717) is 15.4 Å². The van der Waals surface area contributed by atoms with E-state index in [2.05, 4.69) is 15.3 Å². The van der Waals surface area contributed by atoms with Crippen molar-refractivity contribution in [3.63, 3.8) is 0 Å². The fraction of sp³-hybridized carbons (Fsp3) is 0.188. The van der Waals surface area contributed by atoms with Crippen LogP contribution in [0.2, 0.25) is 0 Å². The van der Waals surface area contributed by atoms with Gasteiger partial charge >= 0.3 is 0 Å². The molecule has 0 aliphatic carbocycles. The highest BCUT2D eigenvalue weighted by atomic mass is 32.2. The second-order valence-electron chi connectivity index (χ2n) is 5.00. The van der Waals surface area contributed by atoms with Crippen LogP contribution in [0.25, 0.3) is 10.2 Å². The number of hydrogen-bond donors (Lipinski definition) is 2. The summed E-state index contributed by atoms with van der Waals surface area (Å²) in [6.07, 6.45) is 0. The largest absolute Gasteiger partial charge is 0.349 e. The zero-order valence-corrected chi connectivity index (χ0v) is 14.0. The molecule has 0 aliphatic heterocycles. The molecule has 118 valence electrons. The molecule has 0 fully saturated rings. The van der Waals surface area contributed by atoms with Gasteiger partial charge in [0.15, 0.2) is 5.16 Å². The number of H-pyrrole nitrogens is 1. The number of benzene rings is 1. The summed E-state index contributed by atoms with van der Waals surface area (Å²) in [7, 11) is 0. The fourth-order valence-electron chi connectivity index (χ4n) is 2.16. The zero-order chi connectivity index (χ0) is 16.2. The van der Waals surface area contributed by atoms with Crippen LogP contribution in [0.4, 0.5) is 0 Å². The van der Waals surface area contributed by atoms with Crippen LogP contribution >= 0.6 is 23.1 Å². The molecule has 2 aromatic heterocycles. The highest BCUT2D eigenvalue weighted by Crippen LogP contribution is 2.19. The number of nitrogens with zero attached hydrogens (tertiary/aromatic N) is 1. The molecule has 0 radical (unpaired) electrons. The molecule has 23 heavy (non-hydrogen) atoms. The molecule has 1 aromatic carbocycles. The minimum absolute atomic E-state index is 0.0592. The number of rotatable bonds is 5. The molecular formula is C16H15N3O2S2. The number of fused-ring (bicyclic) bond motifs is 1. The van der Waals surface area contributed by atoms with Crippen LogP contribution in [0.1, 0.15) is 18.5 Å². The Bertz CT molecular complexity index is 874. The normalized spacial score (nSPS) is 12.2. The minimum Gasteiger partial charge on any atom is -0.349 e. The van der Waals surface area contributed by atoms with Crippen molar-refractivity contribution >= 4 is 39.2 Å². The Hall–Kier alpha value is -2.12. The van der Waals surface area contributed by atoms with Gasteiger partial charge < -0.3 is 10.3 Å². The second kappa shape index (κ2) is 6.97. The number of carbonyl (C=O) groups excluding carboxylic acids is 1. The topological polar surface area (TPSA) is 74.8 Å². The summed E-state index contributed by atoms with van der Waals surface area (Å²) in [5, 5.41) is 5.82. The van der Waals surface area contributed by atoms with E-state index in [-0.39, 0.29) is 23.3 Å². The van der Waals surface area contributed by atoms with Crippen molar-refractivity contribution in [2.45, 2.75) is 18.1 Å². The Balaban J connectivity index is 1.61. The number of thioether (sulfide) groups is 1. The average Bonchev–Trinajstić information content (AvgIpc) is 3.03. The van der Waals surface area contributed by atoms with E-state index in [9.17, 15) is 9.59 Å². The molecule has 0 aliphatic rings. The molecule has 5 nitrogen and oxygen atoms in total. The summed E-state index contributed by atoms with van der Waals surface area (Å²) >= 11 is 2.64. The first-order valence-corrected chi connectivity index (χ1v) is 8.94. The van der Waals surface area contributed by atoms with Gasteiger partial charge in [0.1, 0.15) is 4.83 Å². The Morgan fingerprint density at radius 2 is 2.13 bits per heavy atom. The number of aromatic amines is 1. The fourth-order valence-corrected chi connectivity index (χ4v) is 3.65. The molecular weight excluding hydrogens is 330 g/mol. The van der Waals surface area contributed by atoms with E-state index in [1.807, 2.05) is 42.6 Å². The Morgan fingerprint density at radius 3 is 2.91 bits per heavy atom. The molecule has 0 saturated carbocycles. The molecule has 2 heterocycles. The van der Waals surface area contributed by atoms with E-state index in [0.717, 1.165) is 5.56 Å². The van der Waals surface area contributed by atoms with Gasteiger partial charge in [0, 0.05) is 0 Å². The van der Waals surface area contributed by atoms with Crippen molar-refractivity contribution in [3.8, 4) is 0 Å². The average molecular weight is 345 g/mol. The summed E-state index contributed by atoms with van der Waals surface area (Å²) in [4.78, 5) is 31.7. The van der Waals surface area contributed by atoms with Crippen LogP contribution in [-0.2, 0) is 4.79 Å². The van der Waals surface area contributed by atoms with E-state index in [4.69, 9.17) is 0 Å². The second-order valence-corrected chi connectivity index (χ2v) is 6.86. The third-order valence-corrected chi connectivity index (χ3v) is 5.01. The summed E-state index contributed by atoms with van der Waals surface area (Å²) < 4.78 is 0. The lowest BCUT2D eigenvalue weighted by molar-refractivity contribution is -0.119. The van der Waals surface area contributed by atoms with Gasteiger partial charge in [0.25, 0.3) is 5.56 Å². The predicted molar refractivity (Wildman–Crippen MR) is 94.0 cm³/mol. The first-order valence-electron chi connectivity index (χ1n) is 7.08. The molecule has 0 spiro atoms. The van der Waals surface area contributed by atoms with Gasteiger partial charge in [0.2, 0.25) is 5.91 Å². The maximum absolute atomic E-state index is 12.0. The molecule has 1 amide bonds. The molecule has 1 unspecified atom stereocenters. The lowest BCUT2D eigenvalue weighted by Gasteiger charge is -2.13. The SMILES string of the molecule is CC(NC(=O)CSc1nc2sccc2c(=O)[nH]1)c1ccccc1. The van der Waals surface area contributed by atoms with E-state index >= 15 is 0 Å². The number of hydrogen-bond acceptors (Lipinski definition) is 5. The first-order chi connectivity index (χ1) is 11.1. The van der Waals surface area contributed by atoms with Gasteiger partial charge in [-0.1, -0.05) is 42.1 Å². The highest BCUT2D eigenvalue weighted by Gasteiger charge is 2.11. The third-order valence-electron chi connectivity index (χ3n) is 3.33. The zero-order valence-electron chi connectivity index (χ0n) is 12.4. The molecule has 7 heteroatoms. The third kappa shape index (κ3) is 3.80. The van der Waals surface area contributed by atoms with Crippen molar-refractivity contribution in [1.29, 1.82) is 0 Å². The van der Waals surface area contributed by atoms with E-state index in [1.54, 1.807) is 6.07 Å².